The molecular weight excluding hydrogens is 164 g/mol. The summed E-state index contributed by atoms with van der Waals surface area (Å²) in [6.07, 6.45) is -3.21. The summed E-state index contributed by atoms with van der Waals surface area (Å²) in [5.41, 5.74) is 0. The highest BCUT2D eigenvalue weighted by atomic mass is 16.8. The van der Waals surface area contributed by atoms with Crippen LogP contribution in [0.25, 0.3) is 0 Å². The lowest BCUT2D eigenvalue weighted by Gasteiger charge is -2.30. The third-order valence-electron chi connectivity index (χ3n) is 2.43. The van der Waals surface area contributed by atoms with Crippen LogP contribution in [-0.4, -0.2) is 52.1 Å². The number of hydrogen-bond acceptors (Lipinski definition) is 5. The lowest BCUT2D eigenvalue weighted by molar-refractivity contribution is -0.177. The van der Waals surface area contributed by atoms with Crippen LogP contribution in [0.2, 0.25) is 0 Å². The summed E-state index contributed by atoms with van der Waals surface area (Å²) in [7, 11) is 0. The molecule has 2 saturated heterocycles. The lowest BCUT2D eigenvalue weighted by Crippen LogP contribution is -2.51. The Morgan fingerprint density at radius 3 is 2.50 bits per heavy atom. The molecule has 0 amide bonds. The Kier molecular flexibility index (Phi) is 1.68. The molecule has 0 radical (unpaired) electrons. The van der Waals surface area contributed by atoms with Crippen LogP contribution in [0.5, 0.6) is 0 Å². The Morgan fingerprint density at radius 2 is 1.92 bits per heavy atom. The molecule has 0 saturated carbocycles. The SMILES string of the molecule is C[C@]12OC(CO)[C@@H](O)C(O)C1O2. The van der Waals surface area contributed by atoms with E-state index >= 15 is 0 Å². The molecule has 3 N–H and O–H groups in total. The topological polar surface area (TPSA) is 82.5 Å². The molecule has 2 aliphatic heterocycles. The first-order valence-electron chi connectivity index (χ1n) is 3.91. The van der Waals surface area contributed by atoms with Gasteiger partial charge in [-0.25, -0.2) is 0 Å². The van der Waals surface area contributed by atoms with Crippen LogP contribution in [0.4, 0.5) is 0 Å². The zero-order valence-electron chi connectivity index (χ0n) is 6.67. The van der Waals surface area contributed by atoms with Gasteiger partial charge in [-0.2, -0.15) is 0 Å². The van der Waals surface area contributed by atoms with Crippen molar-refractivity contribution in [3.8, 4) is 0 Å². The smallest absolute Gasteiger partial charge is 0.195 e. The van der Waals surface area contributed by atoms with Crippen LogP contribution in [0.3, 0.4) is 0 Å². The molecule has 3 unspecified atom stereocenters. The van der Waals surface area contributed by atoms with Crippen molar-refractivity contribution < 1.29 is 24.8 Å². The van der Waals surface area contributed by atoms with Crippen molar-refractivity contribution in [1.82, 2.24) is 0 Å². The number of aliphatic hydroxyl groups is 3. The molecule has 0 aromatic carbocycles. The van der Waals surface area contributed by atoms with Crippen LogP contribution < -0.4 is 0 Å². The molecule has 0 bridgehead atoms. The molecule has 12 heavy (non-hydrogen) atoms. The maximum Gasteiger partial charge on any atom is 0.195 e. The number of rotatable bonds is 1. The van der Waals surface area contributed by atoms with Gasteiger partial charge in [-0.3, -0.25) is 0 Å². The standard InChI is InChI=1S/C7H12O5/c1-7-6(12-7)5(10)4(9)3(2-8)11-7/h3-6,8-10H,2H2,1H3/t3?,4-,5?,6?,7-/m1/s1. The fourth-order valence-corrected chi connectivity index (χ4v) is 1.61. The highest BCUT2D eigenvalue weighted by Gasteiger charge is 2.65. The molecule has 0 spiro atoms. The average molecular weight is 176 g/mol. The van der Waals surface area contributed by atoms with Crippen molar-refractivity contribution in [3.05, 3.63) is 0 Å². The van der Waals surface area contributed by atoms with Crippen molar-refractivity contribution >= 4 is 0 Å². The Balaban J connectivity index is 2.11. The minimum absolute atomic E-state index is 0.316. The Bertz CT molecular complexity index is 194. The van der Waals surface area contributed by atoms with E-state index in [1.807, 2.05) is 0 Å². The van der Waals surface area contributed by atoms with Gasteiger partial charge in [-0.1, -0.05) is 0 Å². The summed E-state index contributed by atoms with van der Waals surface area (Å²) in [6, 6.07) is 0. The molecule has 2 heterocycles. The minimum atomic E-state index is -1.06. The van der Waals surface area contributed by atoms with Gasteiger partial charge in [0.05, 0.1) is 6.61 Å². The largest absolute Gasteiger partial charge is 0.394 e. The van der Waals surface area contributed by atoms with Crippen molar-refractivity contribution in [2.75, 3.05) is 6.61 Å². The highest BCUT2D eigenvalue weighted by molar-refractivity contribution is 5.05. The van der Waals surface area contributed by atoms with Crippen molar-refractivity contribution in [1.29, 1.82) is 0 Å². The normalized spacial score (nSPS) is 58.0. The fraction of sp³-hybridized carbons (Fsp3) is 1.00. The highest BCUT2D eigenvalue weighted by Crippen LogP contribution is 2.45. The zero-order chi connectivity index (χ0) is 8.93. The molecule has 5 nitrogen and oxygen atoms in total. The molecule has 2 rings (SSSR count). The number of epoxide rings is 1. The number of fused-ring (bicyclic) bond motifs is 1. The van der Waals surface area contributed by atoms with Crippen LogP contribution in [-0.2, 0) is 9.47 Å². The summed E-state index contributed by atoms with van der Waals surface area (Å²) in [5.74, 6) is -0.800. The second kappa shape index (κ2) is 2.40. The summed E-state index contributed by atoms with van der Waals surface area (Å²) in [6.45, 7) is 1.36. The van der Waals surface area contributed by atoms with E-state index in [9.17, 15) is 10.2 Å². The van der Waals surface area contributed by atoms with Crippen molar-refractivity contribution in [2.45, 2.75) is 37.1 Å². The van der Waals surface area contributed by atoms with Crippen LogP contribution in [0.1, 0.15) is 6.92 Å². The van der Waals surface area contributed by atoms with Gasteiger partial charge in [0, 0.05) is 0 Å². The first-order chi connectivity index (χ1) is 5.58. The summed E-state index contributed by atoms with van der Waals surface area (Å²) in [5, 5.41) is 27.5. The molecule has 5 heteroatoms. The maximum absolute atomic E-state index is 9.39. The molecule has 5 atom stereocenters. The van der Waals surface area contributed by atoms with E-state index in [-0.39, 0.29) is 6.61 Å². The Hall–Kier alpha value is -0.200. The first-order valence-corrected chi connectivity index (χ1v) is 3.91. The van der Waals surface area contributed by atoms with E-state index in [1.54, 1.807) is 6.92 Å². The minimum Gasteiger partial charge on any atom is -0.394 e. The molecular formula is C7H12O5. The average Bonchev–Trinajstić information content (AvgIpc) is 2.71. The van der Waals surface area contributed by atoms with Gasteiger partial charge >= 0.3 is 0 Å². The molecule has 0 aromatic rings. The van der Waals surface area contributed by atoms with E-state index in [1.165, 1.54) is 0 Å². The van der Waals surface area contributed by atoms with E-state index in [4.69, 9.17) is 14.6 Å². The second-order valence-electron chi connectivity index (χ2n) is 3.37. The van der Waals surface area contributed by atoms with E-state index in [2.05, 4.69) is 0 Å². The van der Waals surface area contributed by atoms with E-state index in [0.29, 0.717) is 0 Å². The van der Waals surface area contributed by atoms with Crippen LogP contribution in [0, 0.1) is 0 Å². The zero-order valence-corrected chi connectivity index (χ0v) is 6.67. The van der Waals surface area contributed by atoms with Gasteiger partial charge in [0.1, 0.15) is 24.4 Å². The maximum atomic E-state index is 9.39. The lowest BCUT2D eigenvalue weighted by atomic mass is 9.99. The van der Waals surface area contributed by atoms with Crippen LogP contribution >= 0.6 is 0 Å². The third kappa shape index (κ3) is 0.982. The van der Waals surface area contributed by atoms with Crippen molar-refractivity contribution in [2.24, 2.45) is 0 Å². The number of hydrogen-bond donors (Lipinski definition) is 3. The van der Waals surface area contributed by atoms with E-state index in [0.717, 1.165) is 0 Å². The third-order valence-corrected chi connectivity index (χ3v) is 2.43. The number of aliphatic hydroxyl groups excluding tert-OH is 3. The van der Waals surface area contributed by atoms with Crippen molar-refractivity contribution in [3.63, 3.8) is 0 Å². The van der Waals surface area contributed by atoms with Gasteiger partial charge in [0.25, 0.3) is 0 Å². The summed E-state index contributed by atoms with van der Waals surface area (Å²) < 4.78 is 10.2. The summed E-state index contributed by atoms with van der Waals surface area (Å²) >= 11 is 0. The fourth-order valence-electron chi connectivity index (χ4n) is 1.61. The molecule has 0 aliphatic carbocycles. The van der Waals surface area contributed by atoms with Gasteiger partial charge in [-0.05, 0) is 6.92 Å². The molecule has 70 valence electrons. The Labute approximate surface area is 69.5 Å². The van der Waals surface area contributed by atoms with Crippen LogP contribution in [0.15, 0.2) is 0 Å². The predicted octanol–water partition coefficient (Wildman–Crippen LogP) is -1.79. The quantitative estimate of drug-likeness (QED) is 0.411. The van der Waals surface area contributed by atoms with E-state index < -0.39 is 30.2 Å². The summed E-state index contributed by atoms with van der Waals surface area (Å²) in [4.78, 5) is 0. The van der Waals surface area contributed by atoms with Gasteiger partial charge in [0.15, 0.2) is 5.79 Å². The number of ether oxygens (including phenoxy) is 2. The first kappa shape index (κ1) is 8.40. The second-order valence-corrected chi connectivity index (χ2v) is 3.37. The monoisotopic (exact) mass is 176 g/mol. The van der Waals surface area contributed by atoms with Gasteiger partial charge in [0.2, 0.25) is 0 Å². The predicted molar refractivity (Wildman–Crippen MR) is 37.3 cm³/mol. The molecule has 2 fully saturated rings. The van der Waals surface area contributed by atoms with Gasteiger partial charge < -0.3 is 24.8 Å². The Morgan fingerprint density at radius 1 is 1.25 bits per heavy atom. The molecule has 2 aliphatic rings. The van der Waals surface area contributed by atoms with Gasteiger partial charge in [-0.15, -0.1) is 0 Å². The molecule has 0 aromatic heterocycles.